The van der Waals surface area contributed by atoms with Crippen LogP contribution in [0.15, 0.2) is 47.4 Å². The average molecular weight is 408 g/mol. The molecule has 0 unspecified atom stereocenters. The Hall–Kier alpha value is -2.52. The second kappa shape index (κ2) is 7.14. The highest BCUT2D eigenvalue weighted by Crippen LogP contribution is 2.29. The lowest BCUT2D eigenvalue weighted by Gasteiger charge is -2.35. The minimum Gasteiger partial charge on any atom is -0.480 e. The van der Waals surface area contributed by atoms with Gasteiger partial charge in [0.15, 0.2) is 6.10 Å². The number of rotatable bonds is 3. The summed E-state index contributed by atoms with van der Waals surface area (Å²) in [7, 11) is -4.10. The van der Waals surface area contributed by atoms with Gasteiger partial charge in [0.05, 0.1) is 0 Å². The van der Waals surface area contributed by atoms with Crippen LogP contribution in [0.2, 0.25) is 0 Å². The maximum atomic E-state index is 13.9. The highest BCUT2D eigenvalue weighted by molar-refractivity contribution is 7.89. The molecule has 0 radical (unpaired) electrons. The van der Waals surface area contributed by atoms with Crippen molar-refractivity contribution in [1.82, 2.24) is 9.21 Å². The highest BCUT2D eigenvalue weighted by atomic mass is 32.2. The summed E-state index contributed by atoms with van der Waals surface area (Å²) in [4.78, 5) is 13.7. The Morgan fingerprint density at radius 3 is 2.43 bits per heavy atom. The maximum Gasteiger partial charge on any atom is 0.264 e. The van der Waals surface area contributed by atoms with Gasteiger partial charge in [0.2, 0.25) is 10.0 Å². The van der Waals surface area contributed by atoms with E-state index >= 15 is 0 Å². The van der Waals surface area contributed by atoms with E-state index in [0.717, 1.165) is 22.0 Å². The third-order valence-corrected chi connectivity index (χ3v) is 6.92. The van der Waals surface area contributed by atoms with Gasteiger partial charge in [-0.25, -0.2) is 17.2 Å². The summed E-state index contributed by atoms with van der Waals surface area (Å²) in [5.41, 5.74) is 0.967. The third-order valence-electron chi connectivity index (χ3n) is 4.98. The van der Waals surface area contributed by atoms with Crippen LogP contribution < -0.4 is 4.74 Å². The first-order valence-corrected chi connectivity index (χ1v) is 10.3. The van der Waals surface area contributed by atoms with Crippen LogP contribution in [0.1, 0.15) is 5.56 Å². The van der Waals surface area contributed by atoms with E-state index in [0.29, 0.717) is 18.2 Å². The molecular weight excluding hydrogens is 390 g/mol. The fraction of sp³-hybridized carbons (Fsp3) is 0.316. The van der Waals surface area contributed by atoms with Crippen LogP contribution in [0, 0.1) is 11.6 Å². The predicted molar refractivity (Wildman–Crippen MR) is 96.3 cm³/mol. The molecule has 4 rings (SSSR count). The van der Waals surface area contributed by atoms with E-state index in [1.807, 2.05) is 24.3 Å². The summed E-state index contributed by atoms with van der Waals surface area (Å²) in [5.74, 6) is -1.48. The minimum atomic E-state index is -4.10. The first-order valence-electron chi connectivity index (χ1n) is 8.85. The Balaban J connectivity index is 1.41. The Kier molecular flexibility index (Phi) is 4.80. The van der Waals surface area contributed by atoms with Crippen LogP contribution in [-0.4, -0.2) is 55.8 Å². The van der Waals surface area contributed by atoms with Crippen LogP contribution in [0.5, 0.6) is 5.75 Å². The summed E-state index contributed by atoms with van der Waals surface area (Å²) in [6, 6.07) is 9.81. The van der Waals surface area contributed by atoms with Crippen molar-refractivity contribution >= 4 is 15.9 Å². The molecule has 2 aliphatic heterocycles. The molecule has 2 aromatic rings. The number of nitrogens with zero attached hydrogens (tertiary/aromatic N) is 2. The number of benzene rings is 2. The van der Waals surface area contributed by atoms with E-state index in [2.05, 4.69) is 0 Å². The standard InChI is InChI=1S/C19H18F2N2O4S/c20-14-5-6-18(15(21)12-14)28(25,26)23-9-7-22(8-10-23)19(24)17-11-13-3-1-2-4-16(13)27-17/h1-6,12,17H,7-11H2/t17-/m1/s1. The van der Waals surface area contributed by atoms with Gasteiger partial charge >= 0.3 is 0 Å². The van der Waals surface area contributed by atoms with E-state index in [-0.39, 0.29) is 32.1 Å². The molecule has 0 bridgehead atoms. The van der Waals surface area contributed by atoms with Crippen molar-refractivity contribution in [2.45, 2.75) is 17.4 Å². The molecule has 148 valence electrons. The van der Waals surface area contributed by atoms with Gasteiger partial charge in [0.1, 0.15) is 22.3 Å². The van der Waals surface area contributed by atoms with Gasteiger partial charge < -0.3 is 9.64 Å². The van der Waals surface area contributed by atoms with Gasteiger partial charge in [0, 0.05) is 38.7 Å². The topological polar surface area (TPSA) is 66.9 Å². The molecule has 1 saturated heterocycles. The van der Waals surface area contributed by atoms with Gasteiger partial charge in [-0.3, -0.25) is 4.79 Å². The van der Waals surface area contributed by atoms with Crippen molar-refractivity contribution in [1.29, 1.82) is 0 Å². The summed E-state index contributed by atoms with van der Waals surface area (Å²) in [6.07, 6.45) is -0.135. The zero-order valence-corrected chi connectivity index (χ0v) is 15.7. The molecule has 1 amide bonds. The van der Waals surface area contributed by atoms with Gasteiger partial charge in [-0.15, -0.1) is 0 Å². The van der Waals surface area contributed by atoms with Gasteiger partial charge in [-0.1, -0.05) is 18.2 Å². The molecule has 1 atom stereocenters. The maximum absolute atomic E-state index is 13.9. The van der Waals surface area contributed by atoms with Gasteiger partial charge in [0.25, 0.3) is 5.91 Å². The lowest BCUT2D eigenvalue weighted by Crippen LogP contribution is -2.53. The number of carbonyl (C=O) groups is 1. The Bertz CT molecular complexity index is 995. The molecule has 2 aromatic carbocycles. The normalized spacial score (nSPS) is 19.9. The summed E-state index contributed by atoms with van der Waals surface area (Å²) >= 11 is 0. The van der Waals surface area contributed by atoms with Crippen molar-refractivity contribution in [2.75, 3.05) is 26.2 Å². The number of amides is 1. The molecule has 0 saturated carbocycles. The van der Waals surface area contributed by atoms with E-state index in [9.17, 15) is 22.0 Å². The van der Waals surface area contributed by atoms with Crippen LogP contribution in [0.4, 0.5) is 8.78 Å². The smallest absolute Gasteiger partial charge is 0.264 e. The number of carbonyl (C=O) groups excluding carboxylic acids is 1. The molecular formula is C19H18F2N2O4S. The second-order valence-corrected chi connectivity index (χ2v) is 8.63. The monoisotopic (exact) mass is 408 g/mol. The summed E-state index contributed by atoms with van der Waals surface area (Å²) in [5, 5.41) is 0. The van der Waals surface area contributed by atoms with E-state index < -0.39 is 32.7 Å². The highest BCUT2D eigenvalue weighted by Gasteiger charge is 2.36. The molecule has 2 aliphatic rings. The Labute approximate surface area is 161 Å². The molecule has 6 nitrogen and oxygen atoms in total. The predicted octanol–water partition coefficient (Wildman–Crippen LogP) is 1.80. The van der Waals surface area contributed by atoms with E-state index in [4.69, 9.17) is 4.74 Å². The number of sulfonamides is 1. The first-order chi connectivity index (χ1) is 13.4. The number of ether oxygens (including phenoxy) is 1. The SMILES string of the molecule is O=C([C@H]1Cc2ccccc2O1)N1CCN(S(=O)(=O)c2ccc(F)cc2F)CC1. The van der Waals surface area contributed by atoms with Crippen molar-refractivity contribution < 1.29 is 26.7 Å². The molecule has 0 N–H and O–H groups in total. The number of hydrogen-bond acceptors (Lipinski definition) is 4. The van der Waals surface area contributed by atoms with Crippen LogP contribution in [0.3, 0.4) is 0 Å². The fourth-order valence-electron chi connectivity index (χ4n) is 3.50. The second-order valence-electron chi connectivity index (χ2n) is 6.72. The first kappa shape index (κ1) is 18.8. The van der Waals surface area contributed by atoms with E-state index in [1.165, 1.54) is 0 Å². The lowest BCUT2D eigenvalue weighted by molar-refractivity contribution is -0.139. The number of halogens is 2. The molecule has 0 aliphatic carbocycles. The Morgan fingerprint density at radius 2 is 1.75 bits per heavy atom. The van der Waals surface area contributed by atoms with Gasteiger partial charge in [-0.2, -0.15) is 4.31 Å². The summed E-state index contributed by atoms with van der Waals surface area (Å²) < 4.78 is 59.1. The van der Waals surface area contributed by atoms with E-state index in [1.54, 1.807) is 4.90 Å². The molecule has 2 heterocycles. The van der Waals surface area contributed by atoms with Crippen LogP contribution in [0.25, 0.3) is 0 Å². The fourth-order valence-corrected chi connectivity index (χ4v) is 4.96. The largest absolute Gasteiger partial charge is 0.480 e. The zero-order chi connectivity index (χ0) is 19.9. The van der Waals surface area contributed by atoms with Crippen LogP contribution >= 0.6 is 0 Å². The number of hydrogen-bond donors (Lipinski definition) is 0. The molecule has 0 spiro atoms. The van der Waals surface area contributed by atoms with Crippen LogP contribution in [-0.2, 0) is 21.2 Å². The number of para-hydroxylation sites is 1. The molecule has 1 fully saturated rings. The Morgan fingerprint density at radius 1 is 1.04 bits per heavy atom. The molecule has 28 heavy (non-hydrogen) atoms. The number of fused-ring (bicyclic) bond motifs is 1. The third kappa shape index (κ3) is 3.35. The number of piperazine rings is 1. The van der Waals surface area contributed by atoms with Crippen molar-refractivity contribution in [3.63, 3.8) is 0 Å². The van der Waals surface area contributed by atoms with Gasteiger partial charge in [-0.05, 0) is 23.8 Å². The molecule has 0 aromatic heterocycles. The van der Waals surface area contributed by atoms with Crippen molar-refractivity contribution in [2.24, 2.45) is 0 Å². The van der Waals surface area contributed by atoms with Crippen molar-refractivity contribution in [3.8, 4) is 5.75 Å². The minimum absolute atomic E-state index is 0.0323. The lowest BCUT2D eigenvalue weighted by atomic mass is 10.1. The summed E-state index contributed by atoms with van der Waals surface area (Å²) in [6.45, 7) is 0.420. The molecule has 9 heteroatoms. The van der Waals surface area contributed by atoms with Crippen molar-refractivity contribution in [3.05, 3.63) is 59.7 Å². The quantitative estimate of drug-likeness (QED) is 0.777. The zero-order valence-electron chi connectivity index (χ0n) is 14.8. The average Bonchev–Trinajstić information content (AvgIpc) is 3.11.